The number of nitrogens with zero attached hydrogens (tertiary/aromatic N) is 2. The molecule has 0 saturated carbocycles. The second-order valence-electron chi connectivity index (χ2n) is 9.64. The zero-order valence-electron chi connectivity index (χ0n) is 20.6. The molecule has 1 unspecified atom stereocenters. The molecule has 2 aromatic carbocycles. The van der Waals surface area contributed by atoms with Crippen molar-refractivity contribution in [3.63, 3.8) is 0 Å². The number of likely N-dealkylation sites (tertiary alicyclic amines) is 1. The molecule has 0 radical (unpaired) electrons. The minimum Gasteiger partial charge on any atom is -0.497 e. The molecule has 10 heteroatoms. The summed E-state index contributed by atoms with van der Waals surface area (Å²) >= 11 is 0. The highest BCUT2D eigenvalue weighted by Crippen LogP contribution is 2.39. The molecule has 1 fully saturated rings. The number of halogens is 4. The van der Waals surface area contributed by atoms with E-state index in [2.05, 4.69) is 15.2 Å². The fourth-order valence-electron chi connectivity index (χ4n) is 4.97. The average molecular weight is 522 g/mol. The summed E-state index contributed by atoms with van der Waals surface area (Å²) in [5, 5.41) is 24.5. The van der Waals surface area contributed by atoms with E-state index in [0.29, 0.717) is 62.1 Å². The van der Waals surface area contributed by atoms with Crippen molar-refractivity contribution in [1.82, 2.24) is 9.88 Å². The van der Waals surface area contributed by atoms with E-state index in [1.54, 1.807) is 18.2 Å². The van der Waals surface area contributed by atoms with Gasteiger partial charge < -0.3 is 25.2 Å². The third-order valence-corrected chi connectivity index (χ3v) is 7.34. The predicted octanol–water partition coefficient (Wildman–Crippen LogP) is 4.80. The standard InChI is InChI=1S/C27H31F4N3O3/c1-37-18-2-3-23-19(14-18)25(22(30)15-33-23)24(36)4-5-27(16-35)6-9-34(10-7-27)11-8-32-17-12-20(28)26(31)21(29)13-17/h2-3,12-15,24,32,35-36H,4-11,16H2,1H3. The first-order valence-corrected chi connectivity index (χ1v) is 12.3. The van der Waals surface area contributed by atoms with Crippen LogP contribution in [0.2, 0.25) is 0 Å². The van der Waals surface area contributed by atoms with Crippen LogP contribution < -0.4 is 10.1 Å². The van der Waals surface area contributed by atoms with E-state index in [0.717, 1.165) is 18.3 Å². The van der Waals surface area contributed by atoms with E-state index in [9.17, 15) is 27.8 Å². The maximum atomic E-state index is 14.7. The first kappa shape index (κ1) is 27.1. The van der Waals surface area contributed by atoms with E-state index in [4.69, 9.17) is 4.74 Å². The molecular formula is C27H31F4N3O3. The topological polar surface area (TPSA) is 77.8 Å². The maximum Gasteiger partial charge on any atom is 0.194 e. The van der Waals surface area contributed by atoms with Crippen LogP contribution >= 0.6 is 0 Å². The number of hydrogen-bond donors (Lipinski definition) is 3. The number of hydrogen-bond acceptors (Lipinski definition) is 6. The van der Waals surface area contributed by atoms with Crippen molar-refractivity contribution >= 4 is 16.6 Å². The number of pyridine rings is 1. The smallest absolute Gasteiger partial charge is 0.194 e. The fraction of sp³-hybridized carbons (Fsp3) is 0.444. The van der Waals surface area contributed by atoms with E-state index >= 15 is 0 Å². The first-order valence-electron chi connectivity index (χ1n) is 12.3. The number of methoxy groups -OCH3 is 1. The van der Waals surface area contributed by atoms with Crippen LogP contribution in [0.4, 0.5) is 23.2 Å². The molecule has 1 atom stereocenters. The van der Waals surface area contributed by atoms with Crippen LogP contribution in [-0.4, -0.2) is 60.0 Å². The number of nitrogens with one attached hydrogen (secondary N) is 1. The molecule has 1 aliphatic heterocycles. The minimum atomic E-state index is -1.49. The van der Waals surface area contributed by atoms with Gasteiger partial charge in [0, 0.05) is 48.5 Å². The predicted molar refractivity (Wildman–Crippen MR) is 132 cm³/mol. The number of aliphatic hydroxyl groups excluding tert-OH is 2. The Morgan fingerprint density at radius 2 is 1.78 bits per heavy atom. The molecular weight excluding hydrogens is 490 g/mol. The van der Waals surface area contributed by atoms with E-state index in [1.807, 2.05) is 0 Å². The van der Waals surface area contributed by atoms with Crippen molar-refractivity contribution in [2.75, 3.05) is 45.2 Å². The summed E-state index contributed by atoms with van der Waals surface area (Å²) in [6.45, 7) is 2.34. The second-order valence-corrected chi connectivity index (χ2v) is 9.64. The quantitative estimate of drug-likeness (QED) is 0.263. The number of fused-ring (bicyclic) bond motifs is 1. The highest BCUT2D eigenvalue weighted by atomic mass is 19.2. The highest BCUT2D eigenvalue weighted by molar-refractivity contribution is 5.84. The van der Waals surface area contributed by atoms with Crippen molar-refractivity contribution < 1.29 is 32.5 Å². The monoisotopic (exact) mass is 521 g/mol. The number of rotatable bonds is 10. The summed E-state index contributed by atoms with van der Waals surface area (Å²) < 4.78 is 59.8. The Labute approximate surface area is 212 Å². The van der Waals surface area contributed by atoms with Crippen molar-refractivity contribution in [3.8, 4) is 5.75 Å². The van der Waals surface area contributed by atoms with Crippen molar-refractivity contribution in [2.24, 2.45) is 5.41 Å². The molecule has 0 spiro atoms. The number of ether oxygens (including phenoxy) is 1. The van der Waals surface area contributed by atoms with Crippen LogP contribution in [0.15, 0.2) is 36.5 Å². The Balaban J connectivity index is 1.32. The highest BCUT2D eigenvalue weighted by Gasteiger charge is 2.34. The molecule has 3 aromatic rings. The fourth-order valence-corrected chi connectivity index (χ4v) is 4.97. The summed E-state index contributed by atoms with van der Waals surface area (Å²) in [7, 11) is 1.51. The Bertz CT molecular complexity index is 1210. The van der Waals surface area contributed by atoms with Crippen LogP contribution in [-0.2, 0) is 0 Å². The summed E-state index contributed by atoms with van der Waals surface area (Å²) in [6.07, 6.45) is 2.19. The Morgan fingerprint density at radius 1 is 1.08 bits per heavy atom. The maximum absolute atomic E-state index is 14.7. The normalized spacial score (nSPS) is 16.6. The van der Waals surface area contributed by atoms with Gasteiger partial charge in [0.2, 0.25) is 0 Å². The molecule has 200 valence electrons. The molecule has 0 aliphatic carbocycles. The summed E-state index contributed by atoms with van der Waals surface area (Å²) in [5.74, 6) is -4.03. The zero-order valence-corrected chi connectivity index (χ0v) is 20.6. The van der Waals surface area contributed by atoms with Crippen molar-refractivity contribution in [1.29, 1.82) is 0 Å². The van der Waals surface area contributed by atoms with Gasteiger partial charge in [0.25, 0.3) is 0 Å². The van der Waals surface area contributed by atoms with Gasteiger partial charge in [-0.15, -0.1) is 0 Å². The molecule has 1 saturated heterocycles. The Hall–Kier alpha value is -2.95. The third-order valence-electron chi connectivity index (χ3n) is 7.34. The number of piperidine rings is 1. The van der Waals surface area contributed by atoms with Gasteiger partial charge >= 0.3 is 0 Å². The lowest BCUT2D eigenvalue weighted by Crippen LogP contribution is -2.43. The van der Waals surface area contributed by atoms with Crippen molar-refractivity contribution in [3.05, 3.63) is 65.4 Å². The van der Waals surface area contributed by atoms with Crippen LogP contribution in [0.1, 0.15) is 37.4 Å². The Kier molecular flexibility index (Phi) is 8.51. The van der Waals surface area contributed by atoms with Crippen LogP contribution in [0, 0.1) is 28.7 Å². The number of aromatic nitrogens is 1. The molecule has 0 amide bonds. The molecule has 0 bridgehead atoms. The van der Waals surface area contributed by atoms with Crippen molar-refractivity contribution in [2.45, 2.75) is 31.8 Å². The van der Waals surface area contributed by atoms with Gasteiger partial charge in [0.1, 0.15) is 11.6 Å². The van der Waals surface area contributed by atoms with Gasteiger partial charge in [-0.2, -0.15) is 0 Å². The molecule has 1 aliphatic rings. The van der Waals surface area contributed by atoms with Crippen LogP contribution in [0.25, 0.3) is 10.9 Å². The SMILES string of the molecule is COc1ccc2ncc(F)c(C(O)CCC3(CO)CCN(CCNc4cc(F)c(F)c(F)c4)CC3)c2c1. The number of aliphatic hydroxyl groups is 2. The summed E-state index contributed by atoms with van der Waals surface area (Å²) in [4.78, 5) is 6.26. The van der Waals surface area contributed by atoms with Crippen LogP contribution in [0.5, 0.6) is 5.75 Å². The van der Waals surface area contributed by atoms with E-state index < -0.39 is 34.8 Å². The van der Waals surface area contributed by atoms with Gasteiger partial charge in [0.15, 0.2) is 17.5 Å². The third kappa shape index (κ3) is 6.14. The van der Waals surface area contributed by atoms with Crippen LogP contribution in [0.3, 0.4) is 0 Å². The van der Waals surface area contributed by atoms with Gasteiger partial charge in [-0.3, -0.25) is 4.98 Å². The first-order chi connectivity index (χ1) is 17.7. The molecule has 1 aromatic heterocycles. The zero-order chi connectivity index (χ0) is 26.6. The average Bonchev–Trinajstić information content (AvgIpc) is 2.90. The molecule has 6 nitrogen and oxygen atoms in total. The number of benzene rings is 2. The van der Waals surface area contributed by atoms with E-state index in [-0.39, 0.29) is 24.3 Å². The van der Waals surface area contributed by atoms with Gasteiger partial charge in [0.05, 0.1) is 24.9 Å². The largest absolute Gasteiger partial charge is 0.497 e. The van der Waals surface area contributed by atoms with Gasteiger partial charge in [-0.1, -0.05) is 0 Å². The lowest BCUT2D eigenvalue weighted by atomic mass is 9.74. The second kappa shape index (κ2) is 11.6. The lowest BCUT2D eigenvalue weighted by Gasteiger charge is -2.41. The van der Waals surface area contributed by atoms with Gasteiger partial charge in [-0.05, 0) is 62.4 Å². The summed E-state index contributed by atoms with van der Waals surface area (Å²) in [6, 6.07) is 6.94. The minimum absolute atomic E-state index is 0.0483. The number of anilines is 1. The lowest BCUT2D eigenvalue weighted by molar-refractivity contribution is 0.0244. The van der Waals surface area contributed by atoms with E-state index in [1.165, 1.54) is 7.11 Å². The molecule has 2 heterocycles. The molecule has 37 heavy (non-hydrogen) atoms. The summed E-state index contributed by atoms with van der Waals surface area (Å²) in [5.41, 5.74) is 0.501. The molecule has 3 N–H and O–H groups in total. The Morgan fingerprint density at radius 3 is 2.43 bits per heavy atom. The van der Waals surface area contributed by atoms with Gasteiger partial charge in [-0.25, -0.2) is 17.6 Å². The molecule has 4 rings (SSSR count).